The first kappa shape index (κ1) is 13.1. The first-order chi connectivity index (χ1) is 8.76. The predicted octanol–water partition coefficient (Wildman–Crippen LogP) is 1.26. The highest BCUT2D eigenvalue weighted by atomic mass is 16.5. The van der Waals surface area contributed by atoms with Crippen LogP contribution in [0, 0.1) is 0 Å². The molecule has 1 heterocycles. The molecule has 4 nitrogen and oxygen atoms in total. The quantitative estimate of drug-likeness (QED) is 0.876. The summed E-state index contributed by atoms with van der Waals surface area (Å²) in [4.78, 5) is 14.3. The Morgan fingerprint density at radius 1 is 1.44 bits per heavy atom. The number of ether oxygens (including phenoxy) is 1. The molecule has 18 heavy (non-hydrogen) atoms. The standard InChI is InChI=1S/C14H20N2O2/c1-18-13-7-8-16(12(9-13)10-15)14(17)11-5-3-2-4-6-11/h2-6,12-13H,7-10,15H2,1H3. The fraction of sp³-hybridized carbons (Fsp3) is 0.500. The van der Waals surface area contributed by atoms with Crippen LogP contribution in [0.1, 0.15) is 23.2 Å². The molecule has 2 N–H and O–H groups in total. The van der Waals surface area contributed by atoms with Gasteiger partial charge in [-0.3, -0.25) is 4.79 Å². The Morgan fingerprint density at radius 3 is 2.78 bits per heavy atom. The highest BCUT2D eigenvalue weighted by molar-refractivity contribution is 5.94. The van der Waals surface area contributed by atoms with Crippen molar-refractivity contribution in [2.45, 2.75) is 25.0 Å². The lowest BCUT2D eigenvalue weighted by Crippen LogP contribution is -2.51. The summed E-state index contributed by atoms with van der Waals surface area (Å²) in [5.74, 6) is 0.0700. The number of likely N-dealkylation sites (tertiary alicyclic amines) is 1. The number of methoxy groups -OCH3 is 1. The largest absolute Gasteiger partial charge is 0.381 e. The van der Waals surface area contributed by atoms with Crippen molar-refractivity contribution >= 4 is 5.91 Å². The minimum atomic E-state index is 0.0700. The lowest BCUT2D eigenvalue weighted by molar-refractivity contribution is 0.0139. The summed E-state index contributed by atoms with van der Waals surface area (Å²) in [6.45, 7) is 1.20. The normalized spacial score (nSPS) is 24.0. The maximum absolute atomic E-state index is 12.4. The molecule has 98 valence electrons. The number of carbonyl (C=O) groups excluding carboxylic acids is 1. The van der Waals surface area contributed by atoms with E-state index in [0.717, 1.165) is 18.4 Å². The van der Waals surface area contributed by atoms with Crippen molar-refractivity contribution in [3.8, 4) is 0 Å². The third-order valence-electron chi connectivity index (χ3n) is 3.55. The van der Waals surface area contributed by atoms with Crippen LogP contribution in [-0.4, -0.2) is 43.2 Å². The molecule has 1 aromatic carbocycles. The number of hydrogen-bond acceptors (Lipinski definition) is 3. The van der Waals surface area contributed by atoms with Gasteiger partial charge in [0.05, 0.1) is 6.10 Å². The van der Waals surface area contributed by atoms with Crippen LogP contribution in [0.25, 0.3) is 0 Å². The van der Waals surface area contributed by atoms with E-state index in [-0.39, 0.29) is 18.1 Å². The molecule has 1 aliphatic heterocycles. The van der Waals surface area contributed by atoms with Crippen molar-refractivity contribution in [1.29, 1.82) is 0 Å². The monoisotopic (exact) mass is 248 g/mol. The Kier molecular flexibility index (Phi) is 4.33. The van der Waals surface area contributed by atoms with Crippen molar-refractivity contribution in [3.05, 3.63) is 35.9 Å². The Morgan fingerprint density at radius 2 is 2.17 bits per heavy atom. The minimum Gasteiger partial charge on any atom is -0.381 e. The van der Waals surface area contributed by atoms with Crippen LogP contribution in [0.2, 0.25) is 0 Å². The van der Waals surface area contributed by atoms with Crippen molar-refractivity contribution in [3.63, 3.8) is 0 Å². The Balaban J connectivity index is 2.10. The molecular weight excluding hydrogens is 228 g/mol. The zero-order valence-electron chi connectivity index (χ0n) is 10.7. The minimum absolute atomic E-state index is 0.0700. The third kappa shape index (κ3) is 2.71. The van der Waals surface area contributed by atoms with E-state index in [1.807, 2.05) is 35.2 Å². The fourth-order valence-electron chi connectivity index (χ4n) is 2.47. The summed E-state index contributed by atoms with van der Waals surface area (Å²) in [6, 6.07) is 9.45. The van der Waals surface area contributed by atoms with E-state index in [1.165, 1.54) is 0 Å². The van der Waals surface area contributed by atoms with E-state index in [4.69, 9.17) is 10.5 Å². The Bertz CT molecular complexity index is 394. The number of benzene rings is 1. The molecule has 4 heteroatoms. The van der Waals surface area contributed by atoms with Gasteiger partial charge in [0.25, 0.3) is 5.91 Å². The van der Waals surface area contributed by atoms with E-state index in [9.17, 15) is 4.79 Å². The van der Waals surface area contributed by atoms with Crippen LogP contribution in [0.15, 0.2) is 30.3 Å². The molecule has 0 aromatic heterocycles. The number of piperidine rings is 1. The molecule has 2 atom stereocenters. The van der Waals surface area contributed by atoms with Gasteiger partial charge in [0.1, 0.15) is 0 Å². The number of hydrogen-bond donors (Lipinski definition) is 1. The van der Waals surface area contributed by atoms with Gasteiger partial charge in [0.15, 0.2) is 0 Å². The smallest absolute Gasteiger partial charge is 0.254 e. The van der Waals surface area contributed by atoms with Gasteiger partial charge in [-0.1, -0.05) is 18.2 Å². The summed E-state index contributed by atoms with van der Waals surface area (Å²) >= 11 is 0. The number of amides is 1. The van der Waals surface area contributed by atoms with Crippen LogP contribution in [0.3, 0.4) is 0 Å². The molecule has 1 aliphatic rings. The van der Waals surface area contributed by atoms with Gasteiger partial charge < -0.3 is 15.4 Å². The second-order valence-electron chi connectivity index (χ2n) is 4.64. The molecule has 0 spiro atoms. The first-order valence-electron chi connectivity index (χ1n) is 6.35. The molecule has 1 fully saturated rings. The first-order valence-corrected chi connectivity index (χ1v) is 6.35. The lowest BCUT2D eigenvalue weighted by Gasteiger charge is -2.38. The number of nitrogens with zero attached hydrogens (tertiary/aromatic N) is 1. The van der Waals surface area contributed by atoms with Gasteiger partial charge in [0, 0.05) is 31.8 Å². The van der Waals surface area contributed by atoms with E-state index in [0.29, 0.717) is 13.1 Å². The van der Waals surface area contributed by atoms with Crippen LogP contribution < -0.4 is 5.73 Å². The molecule has 1 amide bonds. The molecule has 0 saturated carbocycles. The number of rotatable bonds is 3. The second kappa shape index (κ2) is 5.98. The Hall–Kier alpha value is -1.39. The van der Waals surface area contributed by atoms with Gasteiger partial charge in [0.2, 0.25) is 0 Å². The van der Waals surface area contributed by atoms with Crippen LogP contribution in [0.5, 0.6) is 0 Å². The van der Waals surface area contributed by atoms with Crippen LogP contribution >= 0.6 is 0 Å². The van der Waals surface area contributed by atoms with E-state index in [2.05, 4.69) is 0 Å². The van der Waals surface area contributed by atoms with E-state index >= 15 is 0 Å². The average molecular weight is 248 g/mol. The van der Waals surface area contributed by atoms with Gasteiger partial charge in [-0.15, -0.1) is 0 Å². The van der Waals surface area contributed by atoms with E-state index in [1.54, 1.807) is 7.11 Å². The SMILES string of the molecule is COC1CCN(C(=O)c2ccccc2)C(CN)C1. The number of nitrogens with two attached hydrogens (primary N) is 1. The topological polar surface area (TPSA) is 55.6 Å². The average Bonchev–Trinajstić information content (AvgIpc) is 2.46. The zero-order chi connectivity index (χ0) is 13.0. The molecular formula is C14H20N2O2. The van der Waals surface area contributed by atoms with Crippen molar-refractivity contribution in [2.24, 2.45) is 5.73 Å². The van der Waals surface area contributed by atoms with Gasteiger partial charge >= 0.3 is 0 Å². The van der Waals surface area contributed by atoms with Crippen LogP contribution in [-0.2, 0) is 4.74 Å². The van der Waals surface area contributed by atoms with Crippen molar-refractivity contribution < 1.29 is 9.53 Å². The van der Waals surface area contributed by atoms with E-state index < -0.39 is 0 Å². The molecule has 1 aromatic rings. The molecule has 2 rings (SSSR count). The maximum atomic E-state index is 12.4. The second-order valence-corrected chi connectivity index (χ2v) is 4.64. The third-order valence-corrected chi connectivity index (χ3v) is 3.55. The Labute approximate surface area is 108 Å². The summed E-state index contributed by atoms with van der Waals surface area (Å²) < 4.78 is 5.36. The van der Waals surface area contributed by atoms with Crippen LogP contribution in [0.4, 0.5) is 0 Å². The van der Waals surface area contributed by atoms with Crippen molar-refractivity contribution in [2.75, 3.05) is 20.2 Å². The van der Waals surface area contributed by atoms with Crippen molar-refractivity contribution in [1.82, 2.24) is 4.90 Å². The molecule has 0 aliphatic carbocycles. The zero-order valence-corrected chi connectivity index (χ0v) is 10.7. The molecule has 2 unspecified atom stereocenters. The molecule has 0 bridgehead atoms. The maximum Gasteiger partial charge on any atom is 0.254 e. The fourth-order valence-corrected chi connectivity index (χ4v) is 2.47. The molecule has 0 radical (unpaired) electrons. The summed E-state index contributed by atoms with van der Waals surface area (Å²) in [7, 11) is 1.72. The van der Waals surface area contributed by atoms with Gasteiger partial charge in [-0.05, 0) is 25.0 Å². The predicted molar refractivity (Wildman–Crippen MR) is 70.4 cm³/mol. The highest BCUT2D eigenvalue weighted by Gasteiger charge is 2.31. The lowest BCUT2D eigenvalue weighted by atomic mass is 9.98. The van der Waals surface area contributed by atoms with Gasteiger partial charge in [-0.25, -0.2) is 0 Å². The summed E-state index contributed by atoms with van der Waals surface area (Å²) in [5, 5.41) is 0. The molecule has 1 saturated heterocycles. The highest BCUT2D eigenvalue weighted by Crippen LogP contribution is 2.21. The summed E-state index contributed by atoms with van der Waals surface area (Å²) in [6.07, 6.45) is 1.93. The van der Waals surface area contributed by atoms with Gasteiger partial charge in [-0.2, -0.15) is 0 Å². The summed E-state index contributed by atoms with van der Waals surface area (Å²) in [5.41, 5.74) is 6.51. The number of carbonyl (C=O) groups is 1.